The minimum atomic E-state index is -0.357. The smallest absolute Gasteiger partial charge is 0.239 e. The molecule has 0 aliphatic heterocycles. The van der Waals surface area contributed by atoms with Crippen molar-refractivity contribution in [1.82, 2.24) is 10.6 Å². The molecule has 0 bridgehead atoms. The van der Waals surface area contributed by atoms with Gasteiger partial charge in [0.25, 0.3) is 0 Å². The number of amides is 2. The summed E-state index contributed by atoms with van der Waals surface area (Å²) >= 11 is 0. The summed E-state index contributed by atoms with van der Waals surface area (Å²) in [6.07, 6.45) is 2.64. The lowest BCUT2D eigenvalue weighted by Crippen LogP contribution is -2.39. The topological polar surface area (TPSA) is 58.2 Å². The lowest BCUT2D eigenvalue weighted by atomic mass is 9.95. The molecule has 5 heteroatoms. The van der Waals surface area contributed by atoms with Crippen LogP contribution in [0, 0.1) is 5.82 Å². The van der Waals surface area contributed by atoms with E-state index in [1.807, 2.05) is 6.92 Å². The lowest BCUT2D eigenvalue weighted by Gasteiger charge is -2.15. The van der Waals surface area contributed by atoms with E-state index < -0.39 is 0 Å². The first kappa shape index (κ1) is 14.5. The van der Waals surface area contributed by atoms with Gasteiger partial charge < -0.3 is 10.6 Å². The highest BCUT2D eigenvalue weighted by molar-refractivity contribution is 5.88. The summed E-state index contributed by atoms with van der Waals surface area (Å²) in [6.45, 7) is 1.88. The Bertz CT molecular complexity index is 483. The van der Waals surface area contributed by atoms with Crippen LogP contribution in [0.3, 0.4) is 0 Å². The van der Waals surface area contributed by atoms with E-state index in [9.17, 15) is 14.0 Å². The van der Waals surface area contributed by atoms with Crippen molar-refractivity contribution in [3.05, 3.63) is 35.6 Å². The van der Waals surface area contributed by atoms with E-state index in [0.717, 1.165) is 18.4 Å². The van der Waals surface area contributed by atoms with Crippen LogP contribution in [0.25, 0.3) is 0 Å². The van der Waals surface area contributed by atoms with Gasteiger partial charge in [0.2, 0.25) is 11.8 Å². The predicted molar refractivity (Wildman–Crippen MR) is 73.6 cm³/mol. The number of carbonyl (C=O) groups excluding carboxylic acids is 2. The Hall–Kier alpha value is -1.91. The molecule has 2 rings (SSSR count). The average molecular weight is 278 g/mol. The summed E-state index contributed by atoms with van der Waals surface area (Å²) < 4.78 is 12.9. The molecule has 1 atom stereocenters. The van der Waals surface area contributed by atoms with Gasteiger partial charge in [0.1, 0.15) is 5.82 Å². The molecule has 108 valence electrons. The van der Waals surface area contributed by atoms with Crippen LogP contribution < -0.4 is 10.6 Å². The van der Waals surface area contributed by atoms with E-state index in [4.69, 9.17) is 0 Å². The molecule has 1 saturated carbocycles. The molecule has 2 amide bonds. The molecule has 2 N–H and O–H groups in total. The molecule has 20 heavy (non-hydrogen) atoms. The van der Waals surface area contributed by atoms with Gasteiger partial charge in [-0.15, -0.1) is 0 Å². The molecule has 1 unspecified atom stereocenters. The zero-order valence-electron chi connectivity index (χ0n) is 11.5. The Morgan fingerprint density at radius 2 is 1.95 bits per heavy atom. The number of halogens is 1. The molecule has 1 aromatic carbocycles. The maximum absolute atomic E-state index is 12.9. The highest BCUT2D eigenvalue weighted by atomic mass is 19.1. The summed E-state index contributed by atoms with van der Waals surface area (Å²) in [6, 6.07) is 6.18. The van der Waals surface area contributed by atoms with E-state index in [-0.39, 0.29) is 30.1 Å². The first-order valence-corrected chi connectivity index (χ1v) is 6.92. The Balaban J connectivity index is 1.87. The molecule has 1 fully saturated rings. The Labute approximate surface area is 117 Å². The van der Waals surface area contributed by atoms with E-state index in [1.165, 1.54) is 12.1 Å². The molecule has 0 saturated heterocycles. The third-order valence-corrected chi connectivity index (χ3v) is 3.36. The van der Waals surface area contributed by atoms with Crippen molar-refractivity contribution in [2.75, 3.05) is 6.54 Å². The fourth-order valence-electron chi connectivity index (χ4n) is 2.06. The quantitative estimate of drug-likeness (QED) is 0.832. The van der Waals surface area contributed by atoms with Crippen molar-refractivity contribution < 1.29 is 14.0 Å². The van der Waals surface area contributed by atoms with Crippen molar-refractivity contribution in [1.29, 1.82) is 0 Å². The number of carbonyl (C=O) groups is 2. The zero-order chi connectivity index (χ0) is 14.5. The average Bonchev–Trinajstić information content (AvgIpc) is 3.23. The maximum atomic E-state index is 12.9. The van der Waals surface area contributed by atoms with Crippen LogP contribution in [0.2, 0.25) is 0 Å². The van der Waals surface area contributed by atoms with Crippen LogP contribution in [0.5, 0.6) is 0 Å². The second-order valence-corrected chi connectivity index (χ2v) is 5.07. The van der Waals surface area contributed by atoms with Gasteiger partial charge in [-0.1, -0.05) is 19.1 Å². The van der Waals surface area contributed by atoms with Crippen LogP contribution in [0.1, 0.15) is 37.7 Å². The SMILES string of the molecule is CCC(C(=O)NCC(=O)NC1CC1)c1ccc(F)cc1. The lowest BCUT2D eigenvalue weighted by molar-refractivity contribution is -0.127. The summed E-state index contributed by atoms with van der Waals surface area (Å²) in [7, 11) is 0. The van der Waals surface area contributed by atoms with Crippen LogP contribution in [0.15, 0.2) is 24.3 Å². The monoisotopic (exact) mass is 278 g/mol. The molecular formula is C15H19FN2O2. The minimum absolute atomic E-state index is 0.00692. The molecule has 0 heterocycles. The second-order valence-electron chi connectivity index (χ2n) is 5.07. The third kappa shape index (κ3) is 4.05. The van der Waals surface area contributed by atoms with E-state index >= 15 is 0 Å². The molecule has 1 aromatic rings. The molecule has 0 aromatic heterocycles. The number of hydrogen-bond acceptors (Lipinski definition) is 2. The Morgan fingerprint density at radius 3 is 2.50 bits per heavy atom. The van der Waals surface area contributed by atoms with Crippen molar-refractivity contribution in [3.8, 4) is 0 Å². The molecule has 1 aliphatic rings. The number of benzene rings is 1. The maximum Gasteiger partial charge on any atom is 0.239 e. The summed E-state index contributed by atoms with van der Waals surface area (Å²) in [4.78, 5) is 23.6. The van der Waals surface area contributed by atoms with Gasteiger partial charge in [-0.3, -0.25) is 9.59 Å². The largest absolute Gasteiger partial charge is 0.352 e. The van der Waals surface area contributed by atoms with Gasteiger partial charge in [0.15, 0.2) is 0 Å². The van der Waals surface area contributed by atoms with Gasteiger partial charge >= 0.3 is 0 Å². The van der Waals surface area contributed by atoms with Crippen LogP contribution in [-0.4, -0.2) is 24.4 Å². The van der Waals surface area contributed by atoms with E-state index in [0.29, 0.717) is 12.5 Å². The molecular weight excluding hydrogens is 259 g/mol. The van der Waals surface area contributed by atoms with Gasteiger partial charge in [0.05, 0.1) is 12.5 Å². The zero-order valence-corrected chi connectivity index (χ0v) is 11.5. The van der Waals surface area contributed by atoms with E-state index in [1.54, 1.807) is 12.1 Å². The Kier molecular flexibility index (Phi) is 4.71. The highest BCUT2D eigenvalue weighted by Crippen LogP contribution is 2.20. The van der Waals surface area contributed by atoms with Gasteiger partial charge in [-0.2, -0.15) is 0 Å². The molecule has 0 radical (unpaired) electrons. The number of nitrogens with one attached hydrogen (secondary N) is 2. The first-order valence-electron chi connectivity index (χ1n) is 6.92. The van der Waals surface area contributed by atoms with Crippen molar-refractivity contribution in [3.63, 3.8) is 0 Å². The summed E-state index contributed by atoms with van der Waals surface area (Å²) in [5.74, 6) is -1.04. The third-order valence-electron chi connectivity index (χ3n) is 3.36. The molecule has 4 nitrogen and oxygen atoms in total. The normalized spacial score (nSPS) is 15.5. The highest BCUT2D eigenvalue weighted by Gasteiger charge is 2.24. The molecule has 0 spiro atoms. The van der Waals surface area contributed by atoms with Crippen molar-refractivity contribution >= 4 is 11.8 Å². The van der Waals surface area contributed by atoms with Crippen molar-refractivity contribution in [2.45, 2.75) is 38.1 Å². The van der Waals surface area contributed by atoms with Crippen LogP contribution in [0.4, 0.5) is 4.39 Å². The number of hydrogen-bond donors (Lipinski definition) is 2. The number of rotatable bonds is 6. The second kappa shape index (κ2) is 6.50. The van der Waals surface area contributed by atoms with Gasteiger partial charge in [0, 0.05) is 6.04 Å². The van der Waals surface area contributed by atoms with Gasteiger partial charge in [-0.25, -0.2) is 4.39 Å². The summed E-state index contributed by atoms with van der Waals surface area (Å²) in [5, 5.41) is 5.45. The van der Waals surface area contributed by atoms with Crippen LogP contribution in [-0.2, 0) is 9.59 Å². The van der Waals surface area contributed by atoms with E-state index in [2.05, 4.69) is 10.6 Å². The summed E-state index contributed by atoms with van der Waals surface area (Å²) in [5.41, 5.74) is 0.758. The fourth-order valence-corrected chi connectivity index (χ4v) is 2.06. The van der Waals surface area contributed by atoms with Crippen LogP contribution >= 0.6 is 0 Å². The Morgan fingerprint density at radius 1 is 1.30 bits per heavy atom. The molecule has 1 aliphatic carbocycles. The predicted octanol–water partition coefficient (Wildman–Crippen LogP) is 1.71. The first-order chi connectivity index (χ1) is 9.60. The standard InChI is InChI=1S/C15H19FN2O2/c1-2-13(10-3-5-11(16)6-4-10)15(20)17-9-14(19)18-12-7-8-12/h3-6,12-13H,2,7-9H2,1H3,(H,17,20)(H,18,19). The fraction of sp³-hybridized carbons (Fsp3) is 0.467. The van der Waals surface area contributed by atoms with Gasteiger partial charge in [-0.05, 0) is 37.0 Å². The minimum Gasteiger partial charge on any atom is -0.352 e. The van der Waals surface area contributed by atoms with Crippen molar-refractivity contribution in [2.24, 2.45) is 0 Å².